The van der Waals surface area contributed by atoms with Crippen LogP contribution in [-0.4, -0.2) is 20.8 Å². The van der Waals surface area contributed by atoms with E-state index in [1.165, 1.54) is 43.6 Å². The summed E-state index contributed by atoms with van der Waals surface area (Å²) in [5, 5.41) is 10.7. The standard InChI is InChI=1S/C57H37N5O/c1-4-15-36(16-5-1)55-58-56(37-17-6-2-7-18-37)60-57(59-55)40-27-29-45-48-32-39(28-30-53(48)63-54(45)33-40)38-19-14-22-42(31-38)62-50-26-13-11-24-44(50)47-34-46-43-23-10-12-25-49(43)61(51(46)35-52(47)62)41-20-8-3-9-21-41/h1-35,55H,(H,58,59,60). The van der Waals surface area contributed by atoms with E-state index in [1.54, 1.807) is 0 Å². The van der Waals surface area contributed by atoms with Crippen molar-refractivity contribution in [2.24, 2.45) is 9.98 Å². The Kier molecular flexibility index (Phi) is 7.87. The minimum absolute atomic E-state index is 0.275. The number of furan rings is 1. The molecule has 0 saturated heterocycles. The van der Waals surface area contributed by atoms with Crippen LogP contribution in [0.3, 0.4) is 0 Å². The predicted octanol–water partition coefficient (Wildman–Crippen LogP) is 13.9. The fourth-order valence-electron chi connectivity index (χ4n) is 9.61. The lowest BCUT2D eigenvalue weighted by molar-refractivity contribution is 0.666. The van der Waals surface area contributed by atoms with E-state index in [0.29, 0.717) is 5.84 Å². The fourth-order valence-corrected chi connectivity index (χ4v) is 9.61. The maximum absolute atomic E-state index is 6.56. The minimum Gasteiger partial charge on any atom is -0.456 e. The molecule has 0 bridgehead atoms. The Morgan fingerprint density at radius 3 is 1.73 bits per heavy atom. The van der Waals surface area contributed by atoms with E-state index >= 15 is 0 Å². The van der Waals surface area contributed by atoms with Crippen molar-refractivity contribution in [3.05, 3.63) is 229 Å². The molecule has 12 aromatic rings. The van der Waals surface area contributed by atoms with E-state index in [1.807, 2.05) is 36.4 Å². The zero-order chi connectivity index (χ0) is 41.4. The van der Waals surface area contributed by atoms with Crippen LogP contribution >= 0.6 is 0 Å². The van der Waals surface area contributed by atoms with Crippen molar-refractivity contribution >= 4 is 77.2 Å². The topological polar surface area (TPSA) is 59.8 Å². The normalized spacial score (nSPS) is 14.2. The summed E-state index contributed by atoms with van der Waals surface area (Å²) in [4.78, 5) is 10.0. The summed E-state index contributed by atoms with van der Waals surface area (Å²) < 4.78 is 11.4. The highest BCUT2D eigenvalue weighted by Crippen LogP contribution is 2.41. The SMILES string of the molecule is c1ccc(C2=NC(c3ccccc3)NC(c3ccc4c(c3)oc3ccc(-c5cccc(-n6c7ccccc7c7cc8c9ccccc9n(-c9ccccc9)c8cc76)c5)cc34)=N2)cc1. The Bertz CT molecular complexity index is 3820. The number of aliphatic imine (C=N–C) groups is 2. The molecule has 1 aliphatic heterocycles. The molecule has 0 aliphatic carbocycles. The molecule has 0 radical (unpaired) electrons. The zero-order valence-corrected chi connectivity index (χ0v) is 34.0. The molecule has 9 aromatic carbocycles. The van der Waals surface area contributed by atoms with Crippen LogP contribution < -0.4 is 5.32 Å². The van der Waals surface area contributed by atoms with Gasteiger partial charge in [0.05, 0.1) is 22.1 Å². The molecule has 1 unspecified atom stereocenters. The molecule has 63 heavy (non-hydrogen) atoms. The number of nitrogens with one attached hydrogen (secondary N) is 1. The number of amidine groups is 2. The van der Waals surface area contributed by atoms with E-state index in [-0.39, 0.29) is 6.17 Å². The van der Waals surface area contributed by atoms with Crippen molar-refractivity contribution in [2.45, 2.75) is 6.17 Å². The van der Waals surface area contributed by atoms with Crippen LogP contribution in [0.25, 0.3) is 88.1 Å². The van der Waals surface area contributed by atoms with E-state index in [0.717, 1.165) is 67.0 Å². The highest BCUT2D eigenvalue weighted by Gasteiger charge is 2.23. The van der Waals surface area contributed by atoms with Gasteiger partial charge in [-0.25, -0.2) is 9.98 Å². The maximum atomic E-state index is 6.56. The van der Waals surface area contributed by atoms with E-state index < -0.39 is 0 Å². The first-order chi connectivity index (χ1) is 31.2. The maximum Gasteiger partial charge on any atom is 0.159 e. The molecule has 296 valence electrons. The number of rotatable bonds is 6. The number of hydrogen-bond donors (Lipinski definition) is 1. The Morgan fingerprint density at radius 1 is 0.381 bits per heavy atom. The molecule has 6 heteroatoms. The second kappa shape index (κ2) is 14.0. The first-order valence-electron chi connectivity index (χ1n) is 21.3. The number of aromatic nitrogens is 2. The third-order valence-electron chi connectivity index (χ3n) is 12.6. The van der Waals surface area contributed by atoms with Crippen molar-refractivity contribution in [3.63, 3.8) is 0 Å². The van der Waals surface area contributed by atoms with Gasteiger partial charge in [0.1, 0.15) is 23.2 Å². The van der Waals surface area contributed by atoms with Crippen molar-refractivity contribution in [2.75, 3.05) is 0 Å². The largest absolute Gasteiger partial charge is 0.456 e. The number of hydrogen-bond acceptors (Lipinski definition) is 4. The molecule has 6 nitrogen and oxygen atoms in total. The molecular weight excluding hydrogens is 771 g/mol. The predicted molar refractivity (Wildman–Crippen MR) is 260 cm³/mol. The van der Waals surface area contributed by atoms with E-state index in [9.17, 15) is 0 Å². The summed E-state index contributed by atoms with van der Waals surface area (Å²) in [7, 11) is 0. The van der Waals surface area contributed by atoms with Gasteiger partial charge in [-0.15, -0.1) is 0 Å². The van der Waals surface area contributed by atoms with Gasteiger partial charge >= 0.3 is 0 Å². The molecule has 4 heterocycles. The van der Waals surface area contributed by atoms with Gasteiger partial charge < -0.3 is 18.9 Å². The summed E-state index contributed by atoms with van der Waals surface area (Å²) in [5.74, 6) is 1.45. The second-order valence-electron chi connectivity index (χ2n) is 16.2. The van der Waals surface area contributed by atoms with Gasteiger partial charge in [-0.2, -0.15) is 0 Å². The van der Waals surface area contributed by atoms with Gasteiger partial charge in [-0.05, 0) is 89.5 Å². The second-order valence-corrected chi connectivity index (χ2v) is 16.2. The summed E-state index contributed by atoms with van der Waals surface area (Å²) in [6.45, 7) is 0. The Morgan fingerprint density at radius 2 is 0.984 bits per heavy atom. The molecule has 1 aliphatic rings. The summed E-state index contributed by atoms with van der Waals surface area (Å²) >= 11 is 0. The highest BCUT2D eigenvalue weighted by atomic mass is 16.3. The minimum atomic E-state index is -0.275. The number of para-hydroxylation sites is 3. The highest BCUT2D eigenvalue weighted by molar-refractivity contribution is 6.19. The number of fused-ring (bicyclic) bond motifs is 9. The fraction of sp³-hybridized carbons (Fsp3) is 0.0175. The quantitative estimate of drug-likeness (QED) is 0.182. The lowest BCUT2D eigenvalue weighted by Gasteiger charge is -2.23. The summed E-state index contributed by atoms with van der Waals surface area (Å²) in [6.07, 6.45) is -0.275. The van der Waals surface area contributed by atoms with Crippen LogP contribution in [0.5, 0.6) is 0 Å². The van der Waals surface area contributed by atoms with Crippen molar-refractivity contribution in [1.82, 2.24) is 14.5 Å². The summed E-state index contributed by atoms with van der Waals surface area (Å²) in [5.41, 5.74) is 13.9. The van der Waals surface area contributed by atoms with Crippen molar-refractivity contribution < 1.29 is 4.42 Å². The first-order valence-corrected chi connectivity index (χ1v) is 21.3. The molecule has 0 fully saturated rings. The van der Waals surface area contributed by atoms with E-state index in [4.69, 9.17) is 14.4 Å². The van der Waals surface area contributed by atoms with Gasteiger partial charge in [0.2, 0.25) is 0 Å². The van der Waals surface area contributed by atoms with Crippen LogP contribution in [-0.2, 0) is 0 Å². The van der Waals surface area contributed by atoms with Crippen LogP contribution in [0.1, 0.15) is 22.9 Å². The lowest BCUT2D eigenvalue weighted by Crippen LogP contribution is -2.33. The third kappa shape index (κ3) is 5.73. The Balaban J connectivity index is 0.912. The molecule has 1 atom stereocenters. The van der Waals surface area contributed by atoms with Crippen LogP contribution in [0.15, 0.2) is 227 Å². The van der Waals surface area contributed by atoms with Gasteiger partial charge in [0, 0.05) is 54.8 Å². The zero-order valence-electron chi connectivity index (χ0n) is 34.0. The molecule has 0 spiro atoms. The smallest absolute Gasteiger partial charge is 0.159 e. The first kappa shape index (κ1) is 35.3. The molecule has 3 aromatic heterocycles. The average Bonchev–Trinajstić information content (AvgIpc) is 4.00. The van der Waals surface area contributed by atoms with Crippen molar-refractivity contribution in [1.29, 1.82) is 0 Å². The molecule has 13 rings (SSSR count). The third-order valence-corrected chi connectivity index (χ3v) is 12.6. The van der Waals surface area contributed by atoms with Crippen LogP contribution in [0, 0.1) is 0 Å². The Hall–Kier alpha value is -8.48. The van der Waals surface area contributed by atoms with Crippen LogP contribution in [0.2, 0.25) is 0 Å². The lowest BCUT2D eigenvalue weighted by atomic mass is 10.0. The van der Waals surface area contributed by atoms with Gasteiger partial charge in [-0.1, -0.05) is 140 Å². The molecule has 0 saturated carbocycles. The van der Waals surface area contributed by atoms with Crippen molar-refractivity contribution in [3.8, 4) is 22.5 Å². The monoisotopic (exact) mass is 807 g/mol. The number of benzene rings is 9. The number of nitrogens with zero attached hydrogens (tertiary/aromatic N) is 4. The van der Waals surface area contributed by atoms with Gasteiger partial charge in [0.25, 0.3) is 0 Å². The van der Waals surface area contributed by atoms with E-state index in [2.05, 4.69) is 190 Å². The van der Waals surface area contributed by atoms with Gasteiger partial charge in [0.15, 0.2) is 5.84 Å². The molecule has 0 amide bonds. The molecule has 1 N–H and O–H groups in total. The molecular formula is C57H37N5O. The van der Waals surface area contributed by atoms with Crippen LogP contribution in [0.4, 0.5) is 0 Å². The van der Waals surface area contributed by atoms with Gasteiger partial charge in [-0.3, -0.25) is 0 Å². The Labute approximate surface area is 362 Å². The summed E-state index contributed by atoms with van der Waals surface area (Å²) in [6, 6.07) is 75.2. The average molecular weight is 808 g/mol.